The molecule has 0 fully saturated rings. The molecule has 2 aromatic rings. The summed E-state index contributed by atoms with van der Waals surface area (Å²) in [5.41, 5.74) is 3.35. The van der Waals surface area contributed by atoms with Gasteiger partial charge in [0.05, 0.1) is 16.1 Å². The number of esters is 1. The first-order chi connectivity index (χ1) is 15.2. The van der Waals surface area contributed by atoms with Crippen molar-refractivity contribution in [3.63, 3.8) is 0 Å². The van der Waals surface area contributed by atoms with Crippen LogP contribution in [0.3, 0.4) is 0 Å². The van der Waals surface area contributed by atoms with Crippen LogP contribution < -0.4 is 18.9 Å². The second-order valence-electron chi connectivity index (χ2n) is 10.5. The van der Waals surface area contributed by atoms with Crippen LogP contribution in [0.2, 0.25) is 0 Å². The first-order valence-electron chi connectivity index (χ1n) is 11.0. The second-order valence-corrected chi connectivity index (χ2v) is 12.0. The Morgan fingerprint density at radius 2 is 1.30 bits per heavy atom. The number of hydrogen-bond acceptors (Lipinski definition) is 5. The Kier molecular flexibility index (Phi) is 5.85. The van der Waals surface area contributed by atoms with Gasteiger partial charge in [0.25, 0.3) is 5.79 Å². The second kappa shape index (κ2) is 7.91. The van der Waals surface area contributed by atoms with Crippen molar-refractivity contribution in [1.82, 2.24) is 0 Å². The average Bonchev–Trinajstić information content (AvgIpc) is 2.62. The standard InChI is InChI=1S/C26H30Br2O5/c1-13-9-16-18(20(27)22(13)30-8)24(4,5)11-26(32-16)12-25(6,7)19-17(33-26)10-14(2)23(21(19)28)31-15(3)29/h9-10H,11-12H2,1-8H3. The molecule has 5 nitrogen and oxygen atoms in total. The molecule has 0 amide bonds. The number of carbonyl (C=O) groups excluding carboxylic acids is 1. The molecule has 1 atom stereocenters. The topological polar surface area (TPSA) is 54.0 Å². The van der Waals surface area contributed by atoms with Crippen molar-refractivity contribution >= 4 is 37.8 Å². The molecular weight excluding hydrogens is 552 g/mol. The highest BCUT2D eigenvalue weighted by molar-refractivity contribution is 9.11. The van der Waals surface area contributed by atoms with E-state index in [4.69, 9.17) is 18.9 Å². The molecule has 2 aliphatic heterocycles. The third kappa shape index (κ3) is 3.95. The highest BCUT2D eigenvalue weighted by Gasteiger charge is 2.54. The predicted octanol–water partition coefficient (Wildman–Crippen LogP) is 7.28. The van der Waals surface area contributed by atoms with E-state index in [0.717, 1.165) is 48.4 Å². The third-order valence-electron chi connectivity index (χ3n) is 6.56. The van der Waals surface area contributed by atoms with E-state index in [1.165, 1.54) is 6.92 Å². The number of methoxy groups -OCH3 is 1. The van der Waals surface area contributed by atoms with Crippen molar-refractivity contribution in [2.24, 2.45) is 0 Å². The van der Waals surface area contributed by atoms with Gasteiger partial charge in [-0.2, -0.15) is 0 Å². The van der Waals surface area contributed by atoms with Crippen molar-refractivity contribution in [2.75, 3.05) is 7.11 Å². The van der Waals surface area contributed by atoms with Gasteiger partial charge in [-0.15, -0.1) is 0 Å². The van der Waals surface area contributed by atoms with E-state index in [0.29, 0.717) is 18.6 Å². The first-order valence-corrected chi connectivity index (χ1v) is 12.6. The molecule has 178 valence electrons. The van der Waals surface area contributed by atoms with Crippen LogP contribution >= 0.6 is 31.9 Å². The van der Waals surface area contributed by atoms with Crippen LogP contribution in [0.5, 0.6) is 23.0 Å². The Bertz CT molecular complexity index is 1170. The SMILES string of the molecule is COc1c(C)cc2c(c1Br)C(C)(C)CC1(CC(C)(C)c3c(cc(C)c(OC(C)=O)c3Br)O1)O2. The maximum atomic E-state index is 11.7. The fourth-order valence-electron chi connectivity index (χ4n) is 5.55. The molecule has 0 aromatic heterocycles. The molecule has 33 heavy (non-hydrogen) atoms. The van der Waals surface area contributed by atoms with Gasteiger partial charge >= 0.3 is 5.97 Å². The minimum Gasteiger partial charge on any atom is -0.495 e. The van der Waals surface area contributed by atoms with Crippen molar-refractivity contribution < 1.29 is 23.7 Å². The summed E-state index contributed by atoms with van der Waals surface area (Å²) in [6, 6.07) is 3.99. The minimum atomic E-state index is -0.831. The smallest absolute Gasteiger partial charge is 0.308 e. The Hall–Kier alpha value is -1.73. The fourth-order valence-corrected chi connectivity index (χ4v) is 7.88. The highest BCUT2D eigenvalue weighted by atomic mass is 79.9. The lowest BCUT2D eigenvalue weighted by Crippen LogP contribution is -2.55. The number of aryl methyl sites for hydroxylation is 2. The summed E-state index contributed by atoms with van der Waals surface area (Å²) in [5, 5.41) is 0. The first kappa shape index (κ1) is 24.4. The van der Waals surface area contributed by atoms with Crippen LogP contribution in [0.4, 0.5) is 0 Å². The van der Waals surface area contributed by atoms with E-state index >= 15 is 0 Å². The number of rotatable bonds is 2. The van der Waals surface area contributed by atoms with E-state index in [9.17, 15) is 4.79 Å². The molecule has 0 bridgehead atoms. The van der Waals surface area contributed by atoms with Gasteiger partial charge in [-0.1, -0.05) is 27.7 Å². The summed E-state index contributed by atoms with van der Waals surface area (Å²) in [6.07, 6.45) is 1.31. The van der Waals surface area contributed by atoms with Gasteiger partial charge in [-0.3, -0.25) is 4.79 Å². The molecule has 4 rings (SSSR count). The monoisotopic (exact) mass is 580 g/mol. The van der Waals surface area contributed by atoms with E-state index in [2.05, 4.69) is 59.6 Å². The van der Waals surface area contributed by atoms with Crippen molar-refractivity contribution in [2.45, 2.75) is 77.9 Å². The predicted molar refractivity (Wildman–Crippen MR) is 135 cm³/mol. The van der Waals surface area contributed by atoms with E-state index in [-0.39, 0.29) is 16.8 Å². The van der Waals surface area contributed by atoms with Gasteiger partial charge in [0.2, 0.25) is 0 Å². The van der Waals surface area contributed by atoms with Gasteiger partial charge in [-0.05, 0) is 69.0 Å². The normalized spacial score (nSPS) is 22.0. The lowest BCUT2D eigenvalue weighted by atomic mass is 9.69. The van der Waals surface area contributed by atoms with E-state index < -0.39 is 5.79 Å². The zero-order valence-corrected chi connectivity index (χ0v) is 23.5. The molecule has 2 aliphatic rings. The third-order valence-corrected chi connectivity index (χ3v) is 8.07. The number of fused-ring (bicyclic) bond motifs is 2. The van der Waals surface area contributed by atoms with Crippen molar-refractivity contribution in [1.29, 1.82) is 0 Å². The molecule has 1 spiro atoms. The molecule has 0 aliphatic carbocycles. The number of hydrogen-bond donors (Lipinski definition) is 0. The zero-order valence-electron chi connectivity index (χ0n) is 20.4. The lowest BCUT2D eigenvalue weighted by molar-refractivity contribution is -0.167. The summed E-state index contributed by atoms with van der Waals surface area (Å²) < 4.78 is 26.3. The maximum Gasteiger partial charge on any atom is 0.308 e. The molecule has 2 aromatic carbocycles. The van der Waals surface area contributed by atoms with Gasteiger partial charge in [-0.25, -0.2) is 0 Å². The summed E-state index contributed by atoms with van der Waals surface area (Å²) in [4.78, 5) is 11.7. The van der Waals surface area contributed by atoms with Gasteiger partial charge in [0.1, 0.15) is 23.0 Å². The number of ether oxygens (including phenoxy) is 4. The largest absolute Gasteiger partial charge is 0.495 e. The van der Waals surface area contributed by atoms with Gasteiger partial charge < -0.3 is 18.9 Å². The molecular formula is C26H30Br2O5. The summed E-state index contributed by atoms with van der Waals surface area (Å²) >= 11 is 7.47. The van der Waals surface area contributed by atoms with Crippen LogP contribution in [0.25, 0.3) is 0 Å². The maximum absolute atomic E-state index is 11.7. The lowest BCUT2D eigenvalue weighted by Gasteiger charge is -2.52. The Morgan fingerprint density at radius 1 is 0.879 bits per heavy atom. The van der Waals surface area contributed by atoms with Crippen LogP contribution in [-0.2, 0) is 15.6 Å². The van der Waals surface area contributed by atoms with Crippen molar-refractivity contribution in [3.8, 4) is 23.0 Å². The molecule has 0 saturated carbocycles. The molecule has 1 unspecified atom stereocenters. The minimum absolute atomic E-state index is 0.231. The van der Waals surface area contributed by atoms with E-state index in [1.54, 1.807) is 7.11 Å². The van der Waals surface area contributed by atoms with Crippen LogP contribution in [-0.4, -0.2) is 18.9 Å². The molecule has 2 heterocycles. The number of benzene rings is 2. The van der Waals surface area contributed by atoms with Gasteiger partial charge in [0.15, 0.2) is 0 Å². The van der Waals surface area contributed by atoms with Gasteiger partial charge in [0, 0.05) is 41.7 Å². The zero-order chi connectivity index (χ0) is 24.5. The molecule has 7 heteroatoms. The van der Waals surface area contributed by atoms with Crippen LogP contribution in [0, 0.1) is 13.8 Å². The number of halogens is 2. The Labute approximate surface area is 212 Å². The summed E-state index contributed by atoms with van der Waals surface area (Å²) in [7, 11) is 1.69. The van der Waals surface area contributed by atoms with E-state index in [1.807, 2.05) is 26.0 Å². The average molecular weight is 582 g/mol. The summed E-state index contributed by atoms with van der Waals surface area (Å²) in [6.45, 7) is 14.1. The van der Waals surface area contributed by atoms with Crippen molar-refractivity contribution in [3.05, 3.63) is 43.3 Å². The quantitative estimate of drug-likeness (QED) is 0.275. The molecule has 0 N–H and O–H groups in total. The number of carbonyl (C=O) groups is 1. The van der Waals surface area contributed by atoms with Crippen LogP contribution in [0.15, 0.2) is 21.1 Å². The fraction of sp³-hybridized carbons (Fsp3) is 0.500. The highest BCUT2D eigenvalue weighted by Crippen LogP contribution is 2.58. The summed E-state index contributed by atoms with van der Waals surface area (Å²) in [5.74, 6) is 1.74. The Morgan fingerprint density at radius 3 is 1.73 bits per heavy atom. The molecule has 0 saturated heterocycles. The van der Waals surface area contributed by atoms with Crippen LogP contribution in [0.1, 0.15) is 69.7 Å². The molecule has 0 radical (unpaired) electrons. The Balaban J connectivity index is 1.86.